The summed E-state index contributed by atoms with van der Waals surface area (Å²) >= 11 is 5.81. The molecule has 1 saturated carbocycles. The van der Waals surface area contributed by atoms with Crippen LogP contribution >= 0.6 is 11.6 Å². The van der Waals surface area contributed by atoms with Gasteiger partial charge in [0.2, 0.25) is 0 Å². The van der Waals surface area contributed by atoms with E-state index < -0.39 is 4.92 Å². The van der Waals surface area contributed by atoms with Gasteiger partial charge in [0.15, 0.2) is 0 Å². The Morgan fingerprint density at radius 3 is 2.95 bits per heavy atom. The molecular formula is C16H23ClN2O2. The van der Waals surface area contributed by atoms with Crippen LogP contribution in [0.25, 0.3) is 0 Å². The Morgan fingerprint density at radius 1 is 1.43 bits per heavy atom. The summed E-state index contributed by atoms with van der Waals surface area (Å²) in [6.45, 7) is 3.96. The average molecular weight is 311 g/mol. The Balaban J connectivity index is 1.76. The minimum atomic E-state index is -0.435. The van der Waals surface area contributed by atoms with E-state index in [1.165, 1.54) is 32.1 Å². The molecule has 1 N–H and O–H groups in total. The summed E-state index contributed by atoms with van der Waals surface area (Å²) in [5, 5.41) is 14.4. The van der Waals surface area contributed by atoms with Crippen molar-refractivity contribution < 1.29 is 4.92 Å². The van der Waals surface area contributed by atoms with Crippen LogP contribution in [0.3, 0.4) is 0 Å². The second-order valence-electron chi connectivity index (χ2n) is 6.15. The molecule has 2 atom stereocenters. The monoisotopic (exact) mass is 310 g/mol. The van der Waals surface area contributed by atoms with Gasteiger partial charge in [-0.3, -0.25) is 10.1 Å². The molecule has 2 rings (SSSR count). The molecule has 0 saturated heterocycles. The molecule has 1 aromatic rings. The fourth-order valence-corrected chi connectivity index (χ4v) is 3.36. The fourth-order valence-electron chi connectivity index (χ4n) is 3.17. The van der Waals surface area contributed by atoms with Crippen LogP contribution < -0.4 is 5.32 Å². The lowest BCUT2D eigenvalue weighted by Gasteiger charge is -2.26. The maximum absolute atomic E-state index is 10.8. The second-order valence-corrected chi connectivity index (χ2v) is 6.55. The minimum absolute atomic E-state index is 0.0166. The van der Waals surface area contributed by atoms with Crippen LogP contribution in [0.1, 0.15) is 44.6 Å². The Morgan fingerprint density at radius 2 is 2.24 bits per heavy atom. The van der Waals surface area contributed by atoms with Crippen molar-refractivity contribution in [2.24, 2.45) is 11.8 Å². The van der Waals surface area contributed by atoms with E-state index in [9.17, 15) is 10.1 Å². The van der Waals surface area contributed by atoms with Crippen molar-refractivity contribution in [2.45, 2.75) is 45.6 Å². The molecule has 0 spiro atoms. The highest BCUT2D eigenvalue weighted by Crippen LogP contribution is 2.30. The van der Waals surface area contributed by atoms with Crippen molar-refractivity contribution in [1.82, 2.24) is 5.32 Å². The lowest BCUT2D eigenvalue weighted by molar-refractivity contribution is -0.384. The largest absolute Gasteiger partial charge is 0.313 e. The third-order valence-corrected chi connectivity index (χ3v) is 4.63. The molecule has 0 bridgehead atoms. The predicted molar refractivity (Wildman–Crippen MR) is 85.6 cm³/mol. The molecule has 1 fully saturated rings. The predicted octanol–water partition coefficient (Wildman–Crippen LogP) is 4.55. The van der Waals surface area contributed by atoms with E-state index in [4.69, 9.17) is 11.6 Å². The number of hydrogen-bond donors (Lipinski definition) is 1. The van der Waals surface area contributed by atoms with Crippen molar-refractivity contribution in [3.8, 4) is 0 Å². The van der Waals surface area contributed by atoms with E-state index in [0.29, 0.717) is 6.54 Å². The molecule has 1 aliphatic rings. The summed E-state index contributed by atoms with van der Waals surface area (Å²) in [7, 11) is 0. The van der Waals surface area contributed by atoms with Crippen molar-refractivity contribution in [3.63, 3.8) is 0 Å². The highest BCUT2D eigenvalue weighted by Gasteiger charge is 2.18. The maximum Gasteiger partial charge on any atom is 0.288 e. The fraction of sp³-hybridized carbons (Fsp3) is 0.625. The first kappa shape index (κ1) is 16.2. The van der Waals surface area contributed by atoms with Crippen molar-refractivity contribution in [3.05, 3.63) is 38.9 Å². The highest BCUT2D eigenvalue weighted by atomic mass is 35.5. The molecule has 0 heterocycles. The minimum Gasteiger partial charge on any atom is -0.313 e. The van der Waals surface area contributed by atoms with E-state index in [-0.39, 0.29) is 10.7 Å². The Labute approximate surface area is 131 Å². The average Bonchev–Trinajstić information content (AvgIpc) is 2.45. The van der Waals surface area contributed by atoms with Crippen LogP contribution in [0.15, 0.2) is 18.2 Å². The summed E-state index contributed by atoms with van der Waals surface area (Å²) < 4.78 is 0. The van der Waals surface area contributed by atoms with Crippen LogP contribution in [-0.4, -0.2) is 11.5 Å². The van der Waals surface area contributed by atoms with Crippen LogP contribution in [0.4, 0.5) is 5.69 Å². The summed E-state index contributed by atoms with van der Waals surface area (Å²) in [4.78, 5) is 10.4. The highest BCUT2D eigenvalue weighted by molar-refractivity contribution is 6.32. The van der Waals surface area contributed by atoms with Crippen LogP contribution in [-0.2, 0) is 6.54 Å². The molecule has 4 nitrogen and oxygen atoms in total. The Bertz CT molecular complexity index is 493. The zero-order chi connectivity index (χ0) is 15.2. The first-order valence-electron chi connectivity index (χ1n) is 7.70. The quantitative estimate of drug-likeness (QED) is 0.476. The standard InChI is InChI=1S/C16H23ClN2O2/c1-12-3-2-4-13(9-12)7-8-18-11-14-5-6-15(17)16(10-14)19(20)21/h5-6,10,12-13,18H,2-4,7-9,11H2,1H3. The lowest BCUT2D eigenvalue weighted by atomic mass is 9.81. The molecule has 1 aromatic carbocycles. The van der Waals surface area contributed by atoms with Crippen molar-refractivity contribution >= 4 is 17.3 Å². The van der Waals surface area contributed by atoms with Gasteiger partial charge in [0.1, 0.15) is 5.02 Å². The molecule has 2 unspecified atom stereocenters. The molecule has 0 aromatic heterocycles. The van der Waals surface area contributed by atoms with Gasteiger partial charge in [-0.1, -0.05) is 43.9 Å². The van der Waals surface area contributed by atoms with E-state index in [1.807, 2.05) is 6.07 Å². The lowest BCUT2D eigenvalue weighted by Crippen LogP contribution is -2.21. The van der Waals surface area contributed by atoms with Gasteiger partial charge >= 0.3 is 0 Å². The first-order chi connectivity index (χ1) is 10.1. The van der Waals surface area contributed by atoms with Gasteiger partial charge in [-0.05, 0) is 42.9 Å². The molecule has 1 aliphatic carbocycles. The third-order valence-electron chi connectivity index (χ3n) is 4.31. The summed E-state index contributed by atoms with van der Waals surface area (Å²) in [6.07, 6.45) is 6.61. The number of hydrogen-bond acceptors (Lipinski definition) is 3. The number of halogens is 1. The van der Waals surface area contributed by atoms with Gasteiger partial charge in [0.25, 0.3) is 5.69 Å². The van der Waals surface area contributed by atoms with Gasteiger partial charge in [-0.25, -0.2) is 0 Å². The number of nitrogens with zero attached hydrogens (tertiary/aromatic N) is 1. The van der Waals surface area contributed by atoms with Gasteiger partial charge in [-0.15, -0.1) is 0 Å². The number of nitrogens with one attached hydrogen (secondary N) is 1. The zero-order valence-electron chi connectivity index (χ0n) is 12.5. The van der Waals surface area contributed by atoms with Gasteiger partial charge < -0.3 is 5.32 Å². The van der Waals surface area contributed by atoms with Crippen LogP contribution in [0.2, 0.25) is 5.02 Å². The Kier molecular flexibility index (Phi) is 6.00. The summed E-state index contributed by atoms with van der Waals surface area (Å²) in [6, 6.07) is 4.99. The molecule has 116 valence electrons. The summed E-state index contributed by atoms with van der Waals surface area (Å²) in [5.41, 5.74) is 0.889. The Hall–Kier alpha value is -1.13. The molecule has 0 radical (unpaired) electrons. The normalized spacial score (nSPS) is 22.2. The van der Waals surface area contributed by atoms with Gasteiger partial charge in [0.05, 0.1) is 4.92 Å². The SMILES string of the molecule is CC1CCCC(CCNCc2ccc(Cl)c([N+](=O)[O-])c2)C1. The maximum atomic E-state index is 10.8. The van der Waals surface area contributed by atoms with Crippen molar-refractivity contribution in [2.75, 3.05) is 6.54 Å². The number of rotatable bonds is 6. The second kappa shape index (κ2) is 7.76. The van der Waals surface area contributed by atoms with E-state index in [1.54, 1.807) is 12.1 Å². The molecule has 21 heavy (non-hydrogen) atoms. The molecule has 0 aliphatic heterocycles. The van der Waals surface area contributed by atoms with Gasteiger partial charge in [0, 0.05) is 12.6 Å². The van der Waals surface area contributed by atoms with Crippen molar-refractivity contribution in [1.29, 1.82) is 0 Å². The number of nitro benzene ring substituents is 1. The topological polar surface area (TPSA) is 55.2 Å². The van der Waals surface area contributed by atoms with E-state index in [2.05, 4.69) is 12.2 Å². The number of benzene rings is 1. The van der Waals surface area contributed by atoms with Gasteiger partial charge in [-0.2, -0.15) is 0 Å². The van der Waals surface area contributed by atoms with Crippen LogP contribution in [0, 0.1) is 22.0 Å². The van der Waals surface area contributed by atoms with Crippen LogP contribution in [0.5, 0.6) is 0 Å². The van der Waals surface area contributed by atoms with E-state index in [0.717, 1.165) is 23.9 Å². The smallest absolute Gasteiger partial charge is 0.288 e. The third kappa shape index (κ3) is 4.97. The molecular weight excluding hydrogens is 288 g/mol. The number of nitro groups is 1. The molecule has 0 amide bonds. The molecule has 5 heteroatoms. The zero-order valence-corrected chi connectivity index (χ0v) is 13.2. The first-order valence-corrected chi connectivity index (χ1v) is 8.07. The summed E-state index contributed by atoms with van der Waals surface area (Å²) in [5.74, 6) is 1.70. The van der Waals surface area contributed by atoms with E-state index >= 15 is 0 Å².